The number of allylic oxidation sites excluding steroid dienone is 1. The van der Waals surface area contributed by atoms with Gasteiger partial charge in [0.1, 0.15) is 50.3 Å². The zero-order valence-electron chi connectivity index (χ0n) is 77.9. The molecule has 0 aliphatic heterocycles. The molecule has 34 heteroatoms. The fraction of sp³-hybridized carbons (Fsp3) is 0.744. The fourth-order valence-corrected chi connectivity index (χ4v) is 12.9. The van der Waals surface area contributed by atoms with E-state index < -0.39 is 12.1 Å². The molecular weight excluding hydrogens is 1660 g/mol. The quantitative estimate of drug-likeness (QED) is 0.0155. The maximum Gasteiger partial charge on any atom is 0.224 e. The molecule has 0 aliphatic carbocycles. The molecule has 0 aromatic carbocycles. The van der Waals surface area contributed by atoms with Crippen molar-refractivity contribution in [3.05, 3.63) is 12.7 Å². The van der Waals surface area contributed by atoms with E-state index in [9.17, 15) is 76.7 Å². The topological polar surface area (TPSA) is 452 Å². The summed E-state index contributed by atoms with van der Waals surface area (Å²) in [6.45, 7) is 48.4. The molecule has 9 N–H and O–H groups in total. The maximum absolute atomic E-state index is 11.8. The summed E-state index contributed by atoms with van der Waals surface area (Å²) in [6, 6.07) is -0.574. The lowest BCUT2D eigenvalue weighted by Gasteiger charge is -2.16. The van der Waals surface area contributed by atoms with Crippen LogP contribution in [0.2, 0.25) is 0 Å². The van der Waals surface area contributed by atoms with Crippen LogP contribution in [0.25, 0.3) is 0 Å². The zero-order chi connectivity index (χ0) is 96.5. The summed E-state index contributed by atoms with van der Waals surface area (Å²) in [5, 5.41) is 18.3. The molecule has 4 unspecified atom stereocenters. The van der Waals surface area contributed by atoms with Crippen LogP contribution in [0.5, 0.6) is 0 Å². The van der Waals surface area contributed by atoms with Gasteiger partial charge in [0.2, 0.25) is 47.3 Å². The van der Waals surface area contributed by atoms with Crippen molar-refractivity contribution >= 4 is 192 Å². The first-order valence-corrected chi connectivity index (χ1v) is 47.7. The van der Waals surface area contributed by atoms with Gasteiger partial charge >= 0.3 is 0 Å². The Kier molecular flexibility index (Phi) is 149. The average molecular weight is 1820 g/mol. The first-order chi connectivity index (χ1) is 56.8. The van der Waals surface area contributed by atoms with Crippen LogP contribution in [0, 0.1) is 11.8 Å². The average Bonchev–Trinajstić information content (AvgIpc) is 0.946. The van der Waals surface area contributed by atoms with Gasteiger partial charge < -0.3 is 81.3 Å². The Morgan fingerprint density at radius 3 is 0.858 bits per heavy atom. The summed E-state index contributed by atoms with van der Waals surface area (Å²) in [5.74, 6) is 7.76. The van der Waals surface area contributed by atoms with Crippen molar-refractivity contribution in [3.8, 4) is 0 Å². The number of primary amides is 1. The van der Waals surface area contributed by atoms with Crippen LogP contribution >= 0.6 is 71.4 Å². The summed E-state index contributed by atoms with van der Waals surface area (Å²) in [6.07, 6.45) is 20.0. The van der Waals surface area contributed by atoms with Crippen molar-refractivity contribution in [1.82, 2.24) is 37.2 Å². The molecule has 0 rings (SSSR count). The van der Waals surface area contributed by atoms with Crippen LogP contribution < -0.4 is 43.0 Å². The van der Waals surface area contributed by atoms with E-state index in [0.29, 0.717) is 67.3 Å². The van der Waals surface area contributed by atoms with E-state index in [1.807, 2.05) is 60.9 Å². The van der Waals surface area contributed by atoms with Crippen LogP contribution in [0.3, 0.4) is 0 Å². The highest BCUT2D eigenvalue weighted by Gasteiger charge is 2.24. The molecule has 0 fully saturated rings. The van der Waals surface area contributed by atoms with E-state index in [4.69, 9.17) is 24.9 Å². The standard InChI is InChI=1S/2C14H25NO3S.2C13H24N2O3S.C7H15NOS.C6H13NOS.2C4H8O.C4H8.C3H8.4CH2O/c2*1-4-6-9-19-10-12(13(17)5-2)15-14(18)8-7-11(3)16;2*1-4-5-6-19-9-11(13(18)14-3)7-12(17)8-15-10(2)16;1-2-3-5-10-6-4-7(8)9;1-5(2)7-6(8)3-4-9;2*1-3-4(2)5;1-3-4-2;1-3-2;4*1-2/h2*12H,4-10H2,1-3H3,(H,15,18);2*11H,4-9H2,1-3H3,(H,14,18)(H,15,16);2-6H2,1H3,(H2,8,9);5,9H,3-4H2,1-2H3,(H,7,8);2*3H2,1-2H3;3H,1,4H2,2H3;3H2,1-2H3;4*1H2. The van der Waals surface area contributed by atoms with E-state index >= 15 is 0 Å². The molecule has 120 heavy (non-hydrogen) atoms. The molecule has 28 nitrogen and oxygen atoms in total. The summed E-state index contributed by atoms with van der Waals surface area (Å²) in [4.78, 5) is 209. The highest BCUT2D eigenvalue weighted by Crippen LogP contribution is 2.17. The number of thioether (sulfide) groups is 5. The third kappa shape index (κ3) is 146. The van der Waals surface area contributed by atoms with E-state index in [1.165, 1.54) is 47.0 Å². The highest BCUT2D eigenvalue weighted by atomic mass is 32.2. The lowest BCUT2D eigenvalue weighted by molar-refractivity contribution is -0.129. The van der Waals surface area contributed by atoms with Crippen molar-refractivity contribution in [2.45, 2.75) is 311 Å². The summed E-state index contributed by atoms with van der Waals surface area (Å²) >= 11 is 12.5. The van der Waals surface area contributed by atoms with Gasteiger partial charge in [-0.1, -0.05) is 128 Å². The van der Waals surface area contributed by atoms with E-state index in [-0.39, 0.29) is 163 Å². The molecule has 706 valence electrons. The second-order valence-electron chi connectivity index (χ2n) is 25.8. The second kappa shape index (κ2) is 123. The van der Waals surface area contributed by atoms with Gasteiger partial charge in [-0.3, -0.25) is 57.5 Å². The van der Waals surface area contributed by atoms with Gasteiger partial charge in [0.05, 0.1) is 37.0 Å². The van der Waals surface area contributed by atoms with Crippen molar-refractivity contribution < 1.29 is 95.9 Å². The summed E-state index contributed by atoms with van der Waals surface area (Å²) in [5.41, 5.74) is 4.95. The molecule has 0 saturated heterocycles. The summed E-state index contributed by atoms with van der Waals surface area (Å²) in [7, 11) is 3.15. The number of thiol groups is 1. The minimum atomic E-state index is -0.411. The van der Waals surface area contributed by atoms with Crippen molar-refractivity contribution in [2.24, 2.45) is 17.6 Å². The Labute approximate surface area is 751 Å². The van der Waals surface area contributed by atoms with Gasteiger partial charge in [0.25, 0.3) is 0 Å². The smallest absolute Gasteiger partial charge is 0.224 e. The fourth-order valence-electron chi connectivity index (χ4n) is 6.89. The SMILES string of the molecule is C=CCC.C=O.C=O.C=O.C=O.CC(C)NC(=O)CCS.CCC.CCC(C)=O.CCC(C)=O.CCCCSCC(CC(=O)CNC(C)=O)C(=O)NC.CCCCSCC(CC(=O)CNC(C)=O)C(=O)NC.CCCCSCC(NC(=O)CCC(C)=O)C(=O)CC.CCCCSCC(NC(=O)CCC(C)=O)C(=O)CC.CCCCSCCC(N)=O. The van der Waals surface area contributed by atoms with E-state index in [1.54, 1.807) is 101 Å². The molecule has 0 saturated carbocycles. The largest absolute Gasteiger partial charge is 0.370 e. The van der Waals surface area contributed by atoms with Gasteiger partial charge in [-0.15, -0.1) is 6.58 Å². The molecule has 0 bridgehead atoms. The molecular formula is C86H166N8O20S6. The number of carbonyl (C=O) groups is 20. The first kappa shape index (κ1) is 145. The number of carbonyl (C=O) groups excluding carboxylic acids is 20. The number of ketones is 8. The number of rotatable bonds is 54. The number of nitrogens with one attached hydrogen (secondary N) is 7. The highest BCUT2D eigenvalue weighted by molar-refractivity contribution is 8.00. The van der Waals surface area contributed by atoms with E-state index in [2.05, 4.69) is 112 Å². The number of unbranched alkanes of at least 4 members (excludes halogenated alkanes) is 5. The van der Waals surface area contributed by atoms with Gasteiger partial charge in [-0.05, 0) is 115 Å². The zero-order valence-corrected chi connectivity index (χ0v) is 82.9. The second-order valence-corrected chi connectivity index (χ2v) is 32.1. The van der Waals surface area contributed by atoms with Crippen LogP contribution in [0.4, 0.5) is 0 Å². The number of hydrogen-bond donors (Lipinski definition) is 9. The normalized spacial score (nSPS) is 10.2. The Balaban J connectivity index is -0.0000000895. The van der Waals surface area contributed by atoms with Gasteiger partial charge in [-0.2, -0.15) is 71.4 Å². The summed E-state index contributed by atoms with van der Waals surface area (Å²) < 4.78 is 0. The lowest BCUT2D eigenvalue weighted by atomic mass is 10.0. The molecule has 0 aromatic rings. The molecule has 0 aliphatic rings. The van der Waals surface area contributed by atoms with Crippen molar-refractivity contribution in [3.63, 3.8) is 0 Å². The number of nitrogens with two attached hydrogens (primary N) is 1. The van der Waals surface area contributed by atoms with E-state index in [0.717, 1.165) is 92.3 Å². The molecule has 8 amide bonds. The minimum Gasteiger partial charge on any atom is -0.370 e. The third-order valence-electron chi connectivity index (χ3n) is 13.8. The van der Waals surface area contributed by atoms with Crippen LogP contribution in [0.1, 0.15) is 293 Å². The van der Waals surface area contributed by atoms with Crippen molar-refractivity contribution in [1.29, 1.82) is 0 Å². The number of hydrogen-bond acceptors (Lipinski definition) is 26. The number of Topliss-reactive ketones (excluding diaryl/α,β-unsaturated/α-hetero) is 8. The molecule has 0 radical (unpaired) electrons. The lowest BCUT2D eigenvalue weighted by Crippen LogP contribution is -2.42. The Morgan fingerprint density at radius 2 is 0.650 bits per heavy atom. The Morgan fingerprint density at radius 1 is 0.383 bits per heavy atom. The predicted molar refractivity (Wildman–Crippen MR) is 510 cm³/mol. The molecule has 4 atom stereocenters. The van der Waals surface area contributed by atoms with Gasteiger partial charge in [0, 0.05) is 140 Å². The maximum atomic E-state index is 11.8. The van der Waals surface area contributed by atoms with Crippen LogP contribution in [-0.2, 0) is 95.9 Å². The Hall–Kier alpha value is -6.36. The van der Waals surface area contributed by atoms with Crippen molar-refractivity contribution in [2.75, 3.05) is 90.5 Å². The number of amides is 8. The van der Waals surface area contributed by atoms with Crippen LogP contribution in [-0.4, -0.2) is 229 Å². The third-order valence-corrected chi connectivity index (χ3v) is 19.8. The predicted octanol–water partition coefficient (Wildman–Crippen LogP) is 13.1. The minimum absolute atomic E-state index is 0.00243. The molecule has 0 spiro atoms. The molecule has 0 aromatic heterocycles. The molecule has 0 heterocycles. The van der Waals surface area contributed by atoms with Crippen LogP contribution in [0.15, 0.2) is 12.7 Å². The van der Waals surface area contributed by atoms with Gasteiger partial charge in [0.15, 0.2) is 23.1 Å². The van der Waals surface area contributed by atoms with Gasteiger partial charge in [-0.25, -0.2) is 0 Å². The Bertz CT molecular complexity index is 2290. The monoisotopic (exact) mass is 1820 g/mol. The first-order valence-electron chi connectivity index (χ1n) is 41.2.